The maximum Gasteiger partial charge on any atom is 0.256 e. The molecule has 0 N–H and O–H groups in total. The van der Waals surface area contributed by atoms with Crippen molar-refractivity contribution in [3.05, 3.63) is 23.7 Å². The van der Waals surface area contributed by atoms with Crippen LogP contribution in [0.4, 0.5) is 5.95 Å². The van der Waals surface area contributed by atoms with Crippen LogP contribution in [0.2, 0.25) is 5.28 Å². The summed E-state index contributed by atoms with van der Waals surface area (Å²) in [5.74, 6) is 1.10. The summed E-state index contributed by atoms with van der Waals surface area (Å²) in [5, 5.41) is 4.35. The number of nitrogens with zero attached hydrogens (tertiary/aromatic N) is 6. The Morgan fingerprint density at radius 1 is 1.19 bits per heavy atom. The monoisotopic (exact) mass is 306 g/mol. The zero-order valence-electron chi connectivity index (χ0n) is 12.3. The molecular formula is C14H19ClN6. The Morgan fingerprint density at radius 3 is 2.57 bits per heavy atom. The van der Waals surface area contributed by atoms with Crippen molar-refractivity contribution in [1.82, 2.24) is 24.7 Å². The number of hydrogen-bond donors (Lipinski definition) is 0. The van der Waals surface area contributed by atoms with Crippen molar-refractivity contribution in [3.63, 3.8) is 0 Å². The molecule has 1 fully saturated rings. The molecule has 0 unspecified atom stereocenters. The highest BCUT2D eigenvalue weighted by Gasteiger charge is 2.36. The summed E-state index contributed by atoms with van der Waals surface area (Å²) in [6.45, 7) is 6.44. The lowest BCUT2D eigenvalue weighted by Gasteiger charge is -2.26. The third-order valence-electron chi connectivity index (χ3n) is 4.51. The molecule has 2 aromatic heterocycles. The fourth-order valence-electron chi connectivity index (χ4n) is 2.89. The van der Waals surface area contributed by atoms with Crippen molar-refractivity contribution in [1.29, 1.82) is 0 Å². The van der Waals surface area contributed by atoms with E-state index in [2.05, 4.69) is 38.8 Å². The number of anilines is 1. The summed E-state index contributed by atoms with van der Waals surface area (Å²) in [6.07, 6.45) is 6.99. The van der Waals surface area contributed by atoms with Crippen molar-refractivity contribution in [3.8, 4) is 5.95 Å². The second-order valence-corrected chi connectivity index (χ2v) is 5.87. The maximum atomic E-state index is 6.05. The number of hydrogen-bond acceptors (Lipinski definition) is 5. The van der Waals surface area contributed by atoms with E-state index < -0.39 is 0 Å². The highest BCUT2D eigenvalue weighted by atomic mass is 35.5. The topological polar surface area (TPSA) is 59.7 Å². The minimum atomic E-state index is 0.205. The molecule has 1 saturated heterocycles. The molecule has 0 bridgehead atoms. The van der Waals surface area contributed by atoms with Crippen LogP contribution in [0.15, 0.2) is 18.5 Å². The Hall–Kier alpha value is -1.69. The van der Waals surface area contributed by atoms with E-state index >= 15 is 0 Å². The van der Waals surface area contributed by atoms with Gasteiger partial charge in [-0.05, 0) is 42.3 Å². The predicted octanol–water partition coefficient (Wildman–Crippen LogP) is 2.73. The van der Waals surface area contributed by atoms with Crippen LogP contribution in [-0.4, -0.2) is 37.8 Å². The molecule has 0 saturated carbocycles. The van der Waals surface area contributed by atoms with Gasteiger partial charge in [-0.3, -0.25) is 0 Å². The second-order valence-electron chi connectivity index (χ2n) is 5.53. The van der Waals surface area contributed by atoms with Crippen LogP contribution in [-0.2, 0) is 0 Å². The fourth-order valence-corrected chi connectivity index (χ4v) is 3.04. The quantitative estimate of drug-likeness (QED) is 0.869. The van der Waals surface area contributed by atoms with Crippen molar-refractivity contribution in [2.45, 2.75) is 33.1 Å². The first-order valence-electron chi connectivity index (χ1n) is 7.32. The van der Waals surface area contributed by atoms with Crippen molar-refractivity contribution < 1.29 is 0 Å². The van der Waals surface area contributed by atoms with Crippen LogP contribution in [0, 0.1) is 5.41 Å². The van der Waals surface area contributed by atoms with Crippen molar-refractivity contribution in [2.24, 2.45) is 5.41 Å². The van der Waals surface area contributed by atoms with Gasteiger partial charge in [-0.15, -0.1) is 0 Å². The maximum absolute atomic E-state index is 6.05. The standard InChI is InChI=1S/C14H19ClN6/c1-3-14(4-2)6-9-20(10-14)12-17-11(15)18-13(19-12)21-8-5-7-16-21/h5,7-8H,3-4,6,9-10H2,1-2H3. The molecule has 21 heavy (non-hydrogen) atoms. The molecule has 0 amide bonds. The van der Waals surface area contributed by atoms with Crippen LogP contribution in [0.3, 0.4) is 0 Å². The van der Waals surface area contributed by atoms with E-state index in [-0.39, 0.29) is 5.28 Å². The summed E-state index contributed by atoms with van der Waals surface area (Å²) < 4.78 is 1.60. The normalized spacial score (nSPS) is 17.4. The first-order chi connectivity index (χ1) is 10.2. The average Bonchev–Trinajstić information content (AvgIpc) is 3.17. The van der Waals surface area contributed by atoms with Gasteiger partial charge in [0.25, 0.3) is 5.95 Å². The van der Waals surface area contributed by atoms with Gasteiger partial charge in [0.2, 0.25) is 11.2 Å². The summed E-state index contributed by atoms with van der Waals surface area (Å²) >= 11 is 6.05. The van der Waals surface area contributed by atoms with Gasteiger partial charge in [0.15, 0.2) is 0 Å². The van der Waals surface area contributed by atoms with E-state index in [0.717, 1.165) is 13.1 Å². The molecule has 0 aliphatic carbocycles. The highest BCUT2D eigenvalue weighted by Crippen LogP contribution is 2.38. The zero-order valence-corrected chi connectivity index (χ0v) is 13.1. The Morgan fingerprint density at radius 2 is 1.95 bits per heavy atom. The number of rotatable bonds is 4. The molecule has 7 heteroatoms. The molecule has 112 valence electrons. The SMILES string of the molecule is CCC1(CC)CCN(c2nc(Cl)nc(-n3cccn3)n2)C1. The molecule has 3 rings (SSSR count). The number of aromatic nitrogens is 5. The van der Waals surface area contributed by atoms with Crippen molar-refractivity contribution in [2.75, 3.05) is 18.0 Å². The second kappa shape index (κ2) is 5.60. The van der Waals surface area contributed by atoms with Gasteiger partial charge in [-0.2, -0.15) is 20.1 Å². The molecule has 0 radical (unpaired) electrons. The molecule has 3 heterocycles. The molecule has 0 atom stereocenters. The Kier molecular flexibility index (Phi) is 3.80. The van der Waals surface area contributed by atoms with Crippen LogP contribution in [0.25, 0.3) is 5.95 Å². The Bertz CT molecular complexity index is 608. The Labute approximate surface area is 129 Å². The van der Waals surface area contributed by atoms with E-state index in [4.69, 9.17) is 11.6 Å². The first-order valence-corrected chi connectivity index (χ1v) is 7.70. The van der Waals surface area contributed by atoms with Gasteiger partial charge in [-0.25, -0.2) is 4.68 Å². The van der Waals surface area contributed by atoms with Gasteiger partial charge in [0.1, 0.15) is 0 Å². The lowest BCUT2D eigenvalue weighted by atomic mass is 9.82. The molecular weight excluding hydrogens is 288 g/mol. The first kappa shape index (κ1) is 14.3. The summed E-state index contributed by atoms with van der Waals surface area (Å²) in [6, 6.07) is 1.83. The van der Waals surface area contributed by atoms with Crippen molar-refractivity contribution >= 4 is 17.5 Å². The lowest BCUT2D eigenvalue weighted by molar-refractivity contribution is 0.301. The average molecular weight is 307 g/mol. The summed E-state index contributed by atoms with van der Waals surface area (Å²) in [7, 11) is 0. The molecule has 2 aromatic rings. The van der Waals surface area contributed by atoms with Gasteiger partial charge < -0.3 is 4.90 Å². The van der Waals surface area contributed by atoms with Crippen LogP contribution < -0.4 is 4.90 Å². The summed E-state index contributed by atoms with van der Waals surface area (Å²) in [4.78, 5) is 15.1. The molecule has 0 aromatic carbocycles. The minimum Gasteiger partial charge on any atom is -0.340 e. The van der Waals surface area contributed by atoms with Crippen LogP contribution >= 0.6 is 11.6 Å². The van der Waals surface area contributed by atoms with E-state index in [9.17, 15) is 0 Å². The largest absolute Gasteiger partial charge is 0.340 e. The van der Waals surface area contributed by atoms with E-state index in [1.54, 1.807) is 17.1 Å². The smallest absolute Gasteiger partial charge is 0.256 e. The molecule has 0 spiro atoms. The minimum absolute atomic E-state index is 0.205. The predicted molar refractivity (Wildman–Crippen MR) is 81.8 cm³/mol. The third-order valence-corrected chi connectivity index (χ3v) is 4.68. The third kappa shape index (κ3) is 2.72. The van der Waals surface area contributed by atoms with Gasteiger partial charge >= 0.3 is 0 Å². The van der Waals surface area contributed by atoms with Crippen LogP contribution in [0.5, 0.6) is 0 Å². The highest BCUT2D eigenvalue weighted by molar-refractivity contribution is 6.28. The number of halogens is 1. The molecule has 6 nitrogen and oxygen atoms in total. The van der Waals surface area contributed by atoms with Crippen LogP contribution in [0.1, 0.15) is 33.1 Å². The van der Waals surface area contributed by atoms with E-state index in [0.29, 0.717) is 17.3 Å². The zero-order chi connectivity index (χ0) is 14.9. The fraction of sp³-hybridized carbons (Fsp3) is 0.571. The van der Waals surface area contributed by atoms with E-state index in [1.807, 2.05) is 6.07 Å². The van der Waals surface area contributed by atoms with E-state index in [1.165, 1.54) is 19.3 Å². The van der Waals surface area contributed by atoms with Gasteiger partial charge in [0.05, 0.1) is 0 Å². The lowest BCUT2D eigenvalue weighted by Crippen LogP contribution is -2.28. The molecule has 1 aliphatic heterocycles. The molecule has 1 aliphatic rings. The van der Waals surface area contributed by atoms with Gasteiger partial charge in [0, 0.05) is 25.5 Å². The Balaban J connectivity index is 1.90. The van der Waals surface area contributed by atoms with Gasteiger partial charge in [-0.1, -0.05) is 13.8 Å². The summed E-state index contributed by atoms with van der Waals surface area (Å²) in [5.41, 5.74) is 0.366.